The number of oxime groups is 1. The molecule has 70 valence electrons. The van der Waals surface area contributed by atoms with E-state index >= 15 is 0 Å². The van der Waals surface area contributed by atoms with E-state index in [1.165, 1.54) is 12.8 Å². The highest BCUT2D eigenvalue weighted by Crippen LogP contribution is 2.10. The summed E-state index contributed by atoms with van der Waals surface area (Å²) >= 11 is 0. The van der Waals surface area contributed by atoms with Crippen LogP contribution in [0.2, 0.25) is 0 Å². The van der Waals surface area contributed by atoms with Gasteiger partial charge in [-0.25, -0.2) is 0 Å². The number of rotatable bonds is 3. The van der Waals surface area contributed by atoms with Crippen molar-refractivity contribution in [3.8, 4) is 0 Å². The molecule has 1 aromatic carbocycles. The van der Waals surface area contributed by atoms with Crippen LogP contribution in [-0.4, -0.2) is 27.4 Å². The van der Waals surface area contributed by atoms with Crippen molar-refractivity contribution in [3.63, 3.8) is 0 Å². The molecule has 0 atom stereocenters. The van der Waals surface area contributed by atoms with Gasteiger partial charge >= 0.3 is 0 Å². The van der Waals surface area contributed by atoms with E-state index in [4.69, 9.17) is 0 Å². The Kier molecular flexibility index (Phi) is 3.31. The summed E-state index contributed by atoms with van der Waals surface area (Å²) in [6, 6.07) is 8.07. The number of hydrogen-bond acceptors (Lipinski definition) is 3. The molecule has 0 spiro atoms. The van der Waals surface area contributed by atoms with Gasteiger partial charge in [0.25, 0.3) is 0 Å². The summed E-state index contributed by atoms with van der Waals surface area (Å²) in [5.41, 5.74) is 2.21. The SMILES string of the molecule is CO/N=C\c1ccc(N(C)C)cc1. The first kappa shape index (κ1) is 9.58. The van der Waals surface area contributed by atoms with Gasteiger partial charge in [0.05, 0.1) is 6.21 Å². The Balaban J connectivity index is 2.75. The predicted octanol–water partition coefficient (Wildman–Crippen LogP) is 1.73. The number of anilines is 1. The molecule has 0 amide bonds. The second-order valence-corrected chi connectivity index (χ2v) is 2.90. The molecule has 13 heavy (non-hydrogen) atoms. The predicted molar refractivity (Wildman–Crippen MR) is 55.4 cm³/mol. The Morgan fingerprint density at radius 3 is 2.31 bits per heavy atom. The van der Waals surface area contributed by atoms with Crippen LogP contribution >= 0.6 is 0 Å². The largest absolute Gasteiger partial charge is 0.399 e. The van der Waals surface area contributed by atoms with Gasteiger partial charge in [-0.1, -0.05) is 17.3 Å². The van der Waals surface area contributed by atoms with E-state index in [-0.39, 0.29) is 0 Å². The molecule has 0 radical (unpaired) electrons. The highest BCUT2D eigenvalue weighted by Gasteiger charge is 1.93. The van der Waals surface area contributed by atoms with E-state index in [1.54, 1.807) is 6.21 Å². The monoisotopic (exact) mass is 178 g/mol. The topological polar surface area (TPSA) is 24.8 Å². The third-order valence-electron chi connectivity index (χ3n) is 1.72. The second-order valence-electron chi connectivity index (χ2n) is 2.90. The number of benzene rings is 1. The zero-order valence-corrected chi connectivity index (χ0v) is 8.19. The van der Waals surface area contributed by atoms with Gasteiger partial charge in [0.2, 0.25) is 0 Å². The van der Waals surface area contributed by atoms with Crippen molar-refractivity contribution in [3.05, 3.63) is 29.8 Å². The molecule has 0 N–H and O–H groups in total. The molecule has 1 rings (SSSR count). The van der Waals surface area contributed by atoms with Crippen LogP contribution in [0.3, 0.4) is 0 Å². The van der Waals surface area contributed by atoms with Gasteiger partial charge in [-0.05, 0) is 17.7 Å². The Bertz CT molecular complexity index is 277. The second kappa shape index (κ2) is 4.50. The summed E-state index contributed by atoms with van der Waals surface area (Å²) in [6.45, 7) is 0. The van der Waals surface area contributed by atoms with Crippen molar-refractivity contribution in [2.75, 3.05) is 26.1 Å². The van der Waals surface area contributed by atoms with Crippen molar-refractivity contribution in [1.29, 1.82) is 0 Å². The van der Waals surface area contributed by atoms with E-state index in [0.717, 1.165) is 5.56 Å². The van der Waals surface area contributed by atoms with Crippen molar-refractivity contribution < 1.29 is 4.84 Å². The molecule has 0 unspecified atom stereocenters. The lowest BCUT2D eigenvalue weighted by atomic mass is 10.2. The van der Waals surface area contributed by atoms with Crippen molar-refractivity contribution in [1.82, 2.24) is 0 Å². The Labute approximate surface area is 78.6 Å². The average Bonchev–Trinajstić information content (AvgIpc) is 2.15. The normalized spacial score (nSPS) is 10.4. The molecule has 1 aromatic rings. The summed E-state index contributed by atoms with van der Waals surface area (Å²) in [4.78, 5) is 6.64. The maximum absolute atomic E-state index is 4.58. The highest BCUT2D eigenvalue weighted by molar-refractivity contribution is 5.79. The van der Waals surface area contributed by atoms with Crippen LogP contribution in [0, 0.1) is 0 Å². The zero-order chi connectivity index (χ0) is 9.68. The van der Waals surface area contributed by atoms with Gasteiger partial charge < -0.3 is 9.74 Å². The van der Waals surface area contributed by atoms with Crippen LogP contribution in [-0.2, 0) is 4.84 Å². The Hall–Kier alpha value is -1.51. The lowest BCUT2D eigenvalue weighted by molar-refractivity contribution is 0.215. The number of nitrogens with zero attached hydrogens (tertiary/aromatic N) is 2. The van der Waals surface area contributed by atoms with E-state index in [1.807, 2.05) is 38.4 Å². The minimum absolute atomic E-state index is 1.03. The first-order valence-electron chi connectivity index (χ1n) is 4.08. The van der Waals surface area contributed by atoms with Crippen molar-refractivity contribution in [2.24, 2.45) is 5.16 Å². The fourth-order valence-electron chi connectivity index (χ4n) is 0.972. The van der Waals surface area contributed by atoms with E-state index in [2.05, 4.69) is 14.9 Å². The third kappa shape index (κ3) is 2.78. The fraction of sp³-hybridized carbons (Fsp3) is 0.300. The summed E-state index contributed by atoms with van der Waals surface area (Å²) in [5.74, 6) is 0. The molecule has 0 fully saturated rings. The van der Waals surface area contributed by atoms with Crippen LogP contribution in [0.1, 0.15) is 5.56 Å². The summed E-state index contributed by atoms with van der Waals surface area (Å²) < 4.78 is 0. The summed E-state index contributed by atoms with van der Waals surface area (Å²) in [5, 5.41) is 3.68. The Morgan fingerprint density at radius 1 is 1.23 bits per heavy atom. The van der Waals surface area contributed by atoms with E-state index in [9.17, 15) is 0 Å². The molecule has 0 aliphatic carbocycles. The van der Waals surface area contributed by atoms with Crippen LogP contribution < -0.4 is 4.90 Å². The van der Waals surface area contributed by atoms with Gasteiger partial charge in [-0.2, -0.15) is 0 Å². The Morgan fingerprint density at radius 2 is 1.85 bits per heavy atom. The maximum Gasteiger partial charge on any atom is 0.106 e. The van der Waals surface area contributed by atoms with Crippen LogP contribution in [0.4, 0.5) is 5.69 Å². The van der Waals surface area contributed by atoms with Crippen LogP contribution in [0.5, 0.6) is 0 Å². The minimum atomic E-state index is 1.03. The van der Waals surface area contributed by atoms with E-state index in [0.29, 0.717) is 0 Å². The lowest BCUT2D eigenvalue weighted by Gasteiger charge is -2.11. The standard InChI is InChI=1S/C10H14N2O/c1-12(2)10-6-4-9(5-7-10)8-11-13-3/h4-8H,1-3H3/b11-8-. The van der Waals surface area contributed by atoms with E-state index < -0.39 is 0 Å². The quantitative estimate of drug-likeness (QED) is 0.520. The molecule has 3 heteroatoms. The first-order chi connectivity index (χ1) is 6.24. The third-order valence-corrected chi connectivity index (χ3v) is 1.72. The molecular formula is C10H14N2O. The average molecular weight is 178 g/mol. The molecule has 0 heterocycles. The molecule has 3 nitrogen and oxygen atoms in total. The van der Waals surface area contributed by atoms with Gasteiger partial charge in [0.15, 0.2) is 0 Å². The molecular weight excluding hydrogens is 164 g/mol. The molecule has 0 aromatic heterocycles. The summed E-state index contributed by atoms with van der Waals surface area (Å²) in [7, 11) is 5.56. The van der Waals surface area contributed by atoms with Gasteiger partial charge in [0, 0.05) is 19.8 Å². The maximum atomic E-state index is 4.58. The minimum Gasteiger partial charge on any atom is -0.399 e. The molecule has 0 aliphatic rings. The van der Waals surface area contributed by atoms with Crippen LogP contribution in [0.15, 0.2) is 29.4 Å². The molecule has 0 saturated carbocycles. The van der Waals surface area contributed by atoms with Gasteiger partial charge in [0.1, 0.15) is 7.11 Å². The molecule has 0 bridgehead atoms. The first-order valence-corrected chi connectivity index (χ1v) is 4.08. The molecule has 0 aliphatic heterocycles. The highest BCUT2D eigenvalue weighted by atomic mass is 16.6. The fourth-order valence-corrected chi connectivity index (χ4v) is 0.972. The summed E-state index contributed by atoms with van der Waals surface area (Å²) in [6.07, 6.45) is 1.68. The zero-order valence-electron chi connectivity index (χ0n) is 8.19. The van der Waals surface area contributed by atoms with Crippen LogP contribution in [0.25, 0.3) is 0 Å². The van der Waals surface area contributed by atoms with Crippen molar-refractivity contribution >= 4 is 11.9 Å². The van der Waals surface area contributed by atoms with Gasteiger partial charge in [-0.3, -0.25) is 0 Å². The smallest absolute Gasteiger partial charge is 0.106 e. The lowest BCUT2D eigenvalue weighted by Crippen LogP contribution is -2.08. The van der Waals surface area contributed by atoms with Crippen molar-refractivity contribution in [2.45, 2.75) is 0 Å². The molecule has 0 saturated heterocycles. The number of hydrogen-bond donors (Lipinski definition) is 0. The van der Waals surface area contributed by atoms with Gasteiger partial charge in [-0.15, -0.1) is 0 Å².